The van der Waals surface area contributed by atoms with Crippen molar-refractivity contribution < 1.29 is 23.9 Å². The summed E-state index contributed by atoms with van der Waals surface area (Å²) in [5.74, 6) is -1.32. The van der Waals surface area contributed by atoms with Crippen LogP contribution in [0.2, 0.25) is 0 Å². The first kappa shape index (κ1) is 32.9. The second-order valence-corrected chi connectivity index (χ2v) is 10.8. The Kier molecular flexibility index (Phi) is 13.9. The van der Waals surface area contributed by atoms with Crippen LogP contribution in [0.15, 0.2) is 18.2 Å². The van der Waals surface area contributed by atoms with Gasteiger partial charge in [0.25, 0.3) is 0 Å². The molecule has 0 aromatic heterocycles. The Bertz CT molecular complexity index is 941. The van der Waals surface area contributed by atoms with Crippen LogP contribution in [0.25, 0.3) is 0 Å². The first-order chi connectivity index (χ1) is 17.8. The van der Waals surface area contributed by atoms with Gasteiger partial charge in [-0.1, -0.05) is 51.3 Å². The molecule has 0 fully saturated rings. The Hall–Kier alpha value is -3.10. The van der Waals surface area contributed by atoms with Gasteiger partial charge in [-0.25, -0.2) is 4.79 Å². The summed E-state index contributed by atoms with van der Waals surface area (Å²) in [6.45, 7) is 14.0. The van der Waals surface area contributed by atoms with E-state index in [1.807, 2.05) is 39.0 Å². The number of amides is 4. The number of benzene rings is 1. The highest BCUT2D eigenvalue weighted by molar-refractivity contribution is 5.92. The van der Waals surface area contributed by atoms with Gasteiger partial charge in [0.15, 0.2) is 0 Å². The number of unbranched alkanes of at least 4 members (excludes halogenated alkanes) is 3. The van der Waals surface area contributed by atoms with Crippen molar-refractivity contribution in [2.45, 2.75) is 111 Å². The Balaban J connectivity index is 3.54. The molecule has 0 aliphatic carbocycles. The fraction of sp³-hybridized carbons (Fsp3) is 0.655. The SMILES string of the molecule is CCCCCN(C(=O)C(CCC(N)=O)NC(=O)OC(C)(C)C)C(C(=O)NCCCC)c1cccc(C)c1C. The summed E-state index contributed by atoms with van der Waals surface area (Å²) >= 11 is 0. The van der Waals surface area contributed by atoms with Gasteiger partial charge in [-0.05, 0) is 70.6 Å². The first-order valence-electron chi connectivity index (χ1n) is 13.7. The fourth-order valence-corrected chi connectivity index (χ4v) is 4.10. The number of primary amides is 1. The summed E-state index contributed by atoms with van der Waals surface area (Å²) in [5.41, 5.74) is 7.26. The Morgan fingerprint density at radius 1 is 1.03 bits per heavy atom. The molecule has 2 unspecified atom stereocenters. The lowest BCUT2D eigenvalue weighted by Gasteiger charge is -2.35. The quantitative estimate of drug-likeness (QED) is 0.288. The zero-order valence-electron chi connectivity index (χ0n) is 24.3. The summed E-state index contributed by atoms with van der Waals surface area (Å²) in [4.78, 5) is 53.6. The monoisotopic (exact) mass is 532 g/mol. The van der Waals surface area contributed by atoms with Gasteiger partial charge in [-0.3, -0.25) is 14.4 Å². The van der Waals surface area contributed by atoms with Gasteiger partial charge in [0, 0.05) is 19.5 Å². The second-order valence-electron chi connectivity index (χ2n) is 10.8. The minimum atomic E-state index is -1.09. The molecule has 2 atom stereocenters. The molecule has 0 saturated carbocycles. The topological polar surface area (TPSA) is 131 Å². The molecule has 9 nitrogen and oxygen atoms in total. The smallest absolute Gasteiger partial charge is 0.408 e. The Labute approximate surface area is 228 Å². The molecule has 0 saturated heterocycles. The number of carbonyl (C=O) groups is 4. The van der Waals surface area contributed by atoms with Crippen LogP contribution in [-0.2, 0) is 19.1 Å². The van der Waals surface area contributed by atoms with Crippen molar-refractivity contribution in [3.8, 4) is 0 Å². The van der Waals surface area contributed by atoms with E-state index in [0.717, 1.165) is 42.4 Å². The van der Waals surface area contributed by atoms with Crippen molar-refractivity contribution in [1.29, 1.82) is 0 Å². The van der Waals surface area contributed by atoms with Crippen molar-refractivity contribution in [3.05, 3.63) is 34.9 Å². The molecule has 0 heterocycles. The lowest BCUT2D eigenvalue weighted by molar-refractivity contribution is -0.142. The van der Waals surface area contributed by atoms with Crippen molar-refractivity contribution in [1.82, 2.24) is 15.5 Å². The third-order valence-electron chi connectivity index (χ3n) is 6.28. The molecular formula is C29H48N4O5. The lowest BCUT2D eigenvalue weighted by atomic mass is 9.94. The van der Waals surface area contributed by atoms with Crippen LogP contribution in [0.4, 0.5) is 4.79 Å². The van der Waals surface area contributed by atoms with Crippen LogP contribution in [0, 0.1) is 13.8 Å². The highest BCUT2D eigenvalue weighted by Crippen LogP contribution is 2.28. The third-order valence-corrected chi connectivity index (χ3v) is 6.28. The van der Waals surface area contributed by atoms with E-state index in [1.165, 1.54) is 0 Å². The van der Waals surface area contributed by atoms with Crippen molar-refractivity contribution in [3.63, 3.8) is 0 Å². The molecular weight excluding hydrogens is 484 g/mol. The first-order valence-corrected chi connectivity index (χ1v) is 13.7. The summed E-state index contributed by atoms with van der Waals surface area (Å²) < 4.78 is 5.38. The number of hydrogen-bond acceptors (Lipinski definition) is 5. The van der Waals surface area contributed by atoms with Crippen molar-refractivity contribution in [2.75, 3.05) is 13.1 Å². The number of rotatable bonds is 15. The van der Waals surface area contributed by atoms with Crippen LogP contribution >= 0.6 is 0 Å². The van der Waals surface area contributed by atoms with Gasteiger partial charge < -0.3 is 26.0 Å². The van der Waals surface area contributed by atoms with Gasteiger partial charge in [0.1, 0.15) is 17.7 Å². The predicted molar refractivity (Wildman–Crippen MR) is 149 cm³/mol. The largest absolute Gasteiger partial charge is 0.444 e. The van der Waals surface area contributed by atoms with Crippen LogP contribution in [0.5, 0.6) is 0 Å². The Morgan fingerprint density at radius 2 is 1.68 bits per heavy atom. The van der Waals surface area contributed by atoms with Gasteiger partial charge >= 0.3 is 6.09 Å². The molecule has 1 aromatic rings. The lowest BCUT2D eigenvalue weighted by Crippen LogP contribution is -2.53. The van der Waals surface area contributed by atoms with E-state index in [2.05, 4.69) is 17.6 Å². The van der Waals surface area contributed by atoms with E-state index < -0.39 is 35.6 Å². The molecule has 214 valence electrons. The Morgan fingerprint density at radius 3 is 2.26 bits per heavy atom. The number of nitrogens with two attached hydrogens (primary N) is 1. The average Bonchev–Trinajstić information content (AvgIpc) is 2.82. The van der Waals surface area contributed by atoms with E-state index in [-0.39, 0.29) is 18.7 Å². The highest BCUT2D eigenvalue weighted by atomic mass is 16.6. The van der Waals surface area contributed by atoms with E-state index in [0.29, 0.717) is 19.5 Å². The fourth-order valence-electron chi connectivity index (χ4n) is 4.10. The normalized spacial score (nSPS) is 12.8. The minimum Gasteiger partial charge on any atom is -0.444 e. The standard InChI is InChI=1S/C29H48N4O5/c1-8-10-12-19-33(27(36)23(16-17-24(30)34)32-28(37)38-29(5,6)7)25(26(35)31-18-11-9-2)22-15-13-14-20(3)21(22)4/h13-15,23,25H,8-12,16-19H2,1-7H3,(H2,30,34)(H,31,35)(H,32,37). The zero-order valence-corrected chi connectivity index (χ0v) is 24.3. The van der Waals surface area contributed by atoms with E-state index in [1.54, 1.807) is 25.7 Å². The van der Waals surface area contributed by atoms with Gasteiger partial charge in [-0.2, -0.15) is 0 Å². The molecule has 0 aliphatic rings. The molecule has 0 bridgehead atoms. The maximum Gasteiger partial charge on any atom is 0.408 e. The molecule has 38 heavy (non-hydrogen) atoms. The van der Waals surface area contributed by atoms with Gasteiger partial charge in [0.05, 0.1) is 0 Å². The number of carbonyl (C=O) groups excluding carboxylic acids is 4. The second kappa shape index (κ2) is 16.0. The number of alkyl carbamates (subject to hydrolysis) is 1. The molecule has 1 rings (SSSR count). The summed E-state index contributed by atoms with van der Waals surface area (Å²) in [5, 5.41) is 5.63. The van der Waals surface area contributed by atoms with Crippen LogP contribution < -0.4 is 16.4 Å². The number of aryl methyl sites for hydroxylation is 1. The minimum absolute atomic E-state index is 0.00530. The zero-order chi connectivity index (χ0) is 28.9. The maximum atomic E-state index is 14.1. The number of nitrogens with zero attached hydrogens (tertiary/aromatic N) is 1. The van der Waals surface area contributed by atoms with Crippen LogP contribution in [-0.4, -0.2) is 53.4 Å². The number of nitrogens with one attached hydrogen (secondary N) is 2. The molecule has 9 heteroatoms. The van der Waals surface area contributed by atoms with Crippen molar-refractivity contribution >= 4 is 23.8 Å². The molecule has 0 radical (unpaired) electrons. The maximum absolute atomic E-state index is 14.1. The predicted octanol–water partition coefficient (Wildman–Crippen LogP) is 4.44. The average molecular weight is 533 g/mol. The molecule has 4 N–H and O–H groups in total. The molecule has 0 spiro atoms. The van der Waals surface area contributed by atoms with Crippen LogP contribution in [0.3, 0.4) is 0 Å². The third kappa shape index (κ3) is 11.1. The molecule has 4 amide bonds. The van der Waals surface area contributed by atoms with Gasteiger partial charge in [0.2, 0.25) is 17.7 Å². The summed E-state index contributed by atoms with van der Waals surface area (Å²) in [6.07, 6.45) is 3.33. The molecule has 0 aliphatic heterocycles. The van der Waals surface area contributed by atoms with E-state index in [9.17, 15) is 19.2 Å². The molecule has 1 aromatic carbocycles. The van der Waals surface area contributed by atoms with E-state index >= 15 is 0 Å². The van der Waals surface area contributed by atoms with Crippen molar-refractivity contribution in [2.24, 2.45) is 5.73 Å². The highest BCUT2D eigenvalue weighted by Gasteiger charge is 2.36. The summed E-state index contributed by atoms with van der Waals surface area (Å²) in [7, 11) is 0. The van der Waals surface area contributed by atoms with Gasteiger partial charge in [-0.15, -0.1) is 0 Å². The number of ether oxygens (including phenoxy) is 1. The van der Waals surface area contributed by atoms with E-state index in [4.69, 9.17) is 10.5 Å². The number of hydrogen-bond donors (Lipinski definition) is 3. The van der Waals surface area contributed by atoms with Crippen LogP contribution in [0.1, 0.15) is 102 Å². The summed E-state index contributed by atoms with van der Waals surface area (Å²) in [6, 6.07) is 3.73.